The van der Waals surface area contributed by atoms with Crippen LogP contribution in [0.3, 0.4) is 0 Å². The summed E-state index contributed by atoms with van der Waals surface area (Å²) < 4.78 is 0. The number of carbonyl (C=O) groups is 1. The van der Waals surface area contributed by atoms with Crippen LogP contribution in [0.25, 0.3) is 0 Å². The van der Waals surface area contributed by atoms with Gasteiger partial charge in [-0.2, -0.15) is 0 Å². The highest BCUT2D eigenvalue weighted by Crippen LogP contribution is 2.20. The normalized spacial score (nSPS) is 9.83. The number of thioether (sulfide) groups is 1. The first-order valence-corrected chi connectivity index (χ1v) is 4.82. The van der Waals surface area contributed by atoms with Crippen molar-refractivity contribution >= 4 is 23.2 Å². The number of benzene rings is 1. The average molecular weight is 181 g/mol. The number of anilines is 1. The minimum atomic E-state index is 0.0170. The standard InChI is InChI=1S/C9H11NOS/c1-6(11)8-5-7(12-2)3-4-9(8)10/h3-5H,10H2,1-2H3. The van der Waals surface area contributed by atoms with Crippen LogP contribution in [0.1, 0.15) is 17.3 Å². The smallest absolute Gasteiger partial charge is 0.161 e. The highest BCUT2D eigenvalue weighted by atomic mass is 32.2. The molecule has 0 atom stereocenters. The molecule has 0 unspecified atom stereocenters. The maximum Gasteiger partial charge on any atom is 0.161 e. The number of Topliss-reactive ketones (excluding diaryl/α,β-unsaturated/α-hetero) is 1. The summed E-state index contributed by atoms with van der Waals surface area (Å²) in [6, 6.07) is 5.50. The lowest BCUT2D eigenvalue weighted by Gasteiger charge is -2.03. The van der Waals surface area contributed by atoms with Gasteiger partial charge < -0.3 is 5.73 Å². The van der Waals surface area contributed by atoms with Crippen LogP contribution in [-0.2, 0) is 0 Å². The van der Waals surface area contributed by atoms with Crippen LogP contribution in [0.4, 0.5) is 5.69 Å². The van der Waals surface area contributed by atoms with Crippen LogP contribution in [0, 0.1) is 0 Å². The van der Waals surface area contributed by atoms with Crippen molar-refractivity contribution in [3.63, 3.8) is 0 Å². The second-order valence-corrected chi connectivity index (χ2v) is 3.39. The van der Waals surface area contributed by atoms with Crippen molar-refractivity contribution in [2.45, 2.75) is 11.8 Å². The van der Waals surface area contributed by atoms with Crippen LogP contribution in [-0.4, -0.2) is 12.0 Å². The first kappa shape index (κ1) is 9.13. The molecular weight excluding hydrogens is 170 g/mol. The van der Waals surface area contributed by atoms with Gasteiger partial charge >= 0.3 is 0 Å². The van der Waals surface area contributed by atoms with E-state index in [1.807, 2.05) is 18.4 Å². The fourth-order valence-corrected chi connectivity index (χ4v) is 1.41. The molecule has 0 bridgehead atoms. The third kappa shape index (κ3) is 1.80. The zero-order valence-electron chi connectivity index (χ0n) is 7.13. The number of nitrogen functional groups attached to an aromatic ring is 1. The lowest BCUT2D eigenvalue weighted by Crippen LogP contribution is -1.99. The Bertz CT molecular complexity index is 309. The SMILES string of the molecule is CSc1ccc(N)c(C(C)=O)c1. The second kappa shape index (κ2) is 3.63. The van der Waals surface area contributed by atoms with E-state index < -0.39 is 0 Å². The van der Waals surface area contributed by atoms with Gasteiger partial charge in [-0.25, -0.2) is 0 Å². The Labute approximate surface area is 76.2 Å². The van der Waals surface area contributed by atoms with Crippen LogP contribution in [0.2, 0.25) is 0 Å². The number of hydrogen-bond acceptors (Lipinski definition) is 3. The fourth-order valence-electron chi connectivity index (χ4n) is 0.967. The molecular formula is C9H11NOS. The van der Waals surface area contributed by atoms with Gasteiger partial charge in [0.2, 0.25) is 0 Å². The molecule has 0 saturated heterocycles. The first-order valence-electron chi connectivity index (χ1n) is 3.59. The van der Waals surface area contributed by atoms with E-state index in [4.69, 9.17) is 5.73 Å². The van der Waals surface area contributed by atoms with Crippen molar-refractivity contribution in [1.82, 2.24) is 0 Å². The molecule has 0 amide bonds. The van der Waals surface area contributed by atoms with Gasteiger partial charge in [0.05, 0.1) is 0 Å². The maximum atomic E-state index is 11.0. The average Bonchev–Trinajstić information content (AvgIpc) is 2.05. The number of hydrogen-bond donors (Lipinski definition) is 1. The summed E-state index contributed by atoms with van der Waals surface area (Å²) >= 11 is 1.60. The summed E-state index contributed by atoms with van der Waals surface area (Å²) in [5.41, 5.74) is 6.78. The van der Waals surface area contributed by atoms with E-state index in [-0.39, 0.29) is 5.78 Å². The first-order chi connectivity index (χ1) is 5.65. The van der Waals surface area contributed by atoms with Gasteiger partial charge in [0.1, 0.15) is 0 Å². The predicted molar refractivity (Wildman–Crippen MR) is 52.6 cm³/mol. The number of rotatable bonds is 2. The van der Waals surface area contributed by atoms with Crippen molar-refractivity contribution in [2.75, 3.05) is 12.0 Å². The van der Waals surface area contributed by atoms with Gasteiger partial charge in [-0.3, -0.25) is 4.79 Å². The highest BCUT2D eigenvalue weighted by molar-refractivity contribution is 7.98. The van der Waals surface area contributed by atoms with Crippen LogP contribution >= 0.6 is 11.8 Å². The Hall–Kier alpha value is -0.960. The lowest BCUT2D eigenvalue weighted by atomic mass is 10.1. The Morgan fingerprint density at radius 1 is 1.50 bits per heavy atom. The molecule has 0 radical (unpaired) electrons. The summed E-state index contributed by atoms with van der Waals surface area (Å²) in [4.78, 5) is 12.1. The van der Waals surface area contributed by atoms with E-state index in [0.29, 0.717) is 11.3 Å². The van der Waals surface area contributed by atoms with Crippen LogP contribution in [0.15, 0.2) is 23.1 Å². The Kier molecular flexibility index (Phi) is 2.76. The van der Waals surface area contributed by atoms with Crippen molar-refractivity contribution in [2.24, 2.45) is 0 Å². The fraction of sp³-hybridized carbons (Fsp3) is 0.222. The van der Waals surface area contributed by atoms with Gasteiger partial charge in [0, 0.05) is 16.1 Å². The van der Waals surface area contributed by atoms with Gasteiger partial charge in [-0.05, 0) is 31.4 Å². The Morgan fingerprint density at radius 3 is 2.67 bits per heavy atom. The summed E-state index contributed by atoms with van der Waals surface area (Å²) in [5, 5.41) is 0. The molecule has 64 valence electrons. The molecule has 1 rings (SSSR count). The molecule has 2 nitrogen and oxygen atoms in total. The monoisotopic (exact) mass is 181 g/mol. The van der Waals surface area contributed by atoms with Gasteiger partial charge in [0.25, 0.3) is 0 Å². The van der Waals surface area contributed by atoms with E-state index in [9.17, 15) is 4.79 Å². The third-order valence-corrected chi connectivity index (χ3v) is 2.37. The molecule has 0 saturated carbocycles. The third-order valence-electron chi connectivity index (χ3n) is 1.64. The summed E-state index contributed by atoms with van der Waals surface area (Å²) in [6.07, 6.45) is 1.97. The van der Waals surface area contributed by atoms with E-state index in [1.54, 1.807) is 17.8 Å². The number of carbonyl (C=O) groups excluding carboxylic acids is 1. The van der Waals surface area contributed by atoms with Crippen LogP contribution < -0.4 is 5.73 Å². The molecule has 0 aromatic heterocycles. The van der Waals surface area contributed by atoms with Crippen molar-refractivity contribution < 1.29 is 4.79 Å². The topological polar surface area (TPSA) is 43.1 Å². The zero-order chi connectivity index (χ0) is 9.14. The highest BCUT2D eigenvalue weighted by Gasteiger charge is 2.04. The van der Waals surface area contributed by atoms with Gasteiger partial charge in [-0.1, -0.05) is 0 Å². The molecule has 0 aliphatic rings. The minimum Gasteiger partial charge on any atom is -0.398 e. The Balaban J connectivity index is 3.17. The van der Waals surface area contributed by atoms with E-state index in [2.05, 4.69) is 0 Å². The molecule has 12 heavy (non-hydrogen) atoms. The summed E-state index contributed by atoms with van der Waals surface area (Å²) in [6.45, 7) is 1.52. The quantitative estimate of drug-likeness (QED) is 0.432. The molecule has 0 aliphatic heterocycles. The molecule has 2 N–H and O–H groups in total. The summed E-state index contributed by atoms with van der Waals surface area (Å²) in [7, 11) is 0. The largest absolute Gasteiger partial charge is 0.398 e. The lowest BCUT2D eigenvalue weighted by molar-refractivity contribution is 0.101. The second-order valence-electron chi connectivity index (χ2n) is 2.51. The van der Waals surface area contributed by atoms with Crippen molar-refractivity contribution in [3.8, 4) is 0 Å². The molecule has 0 aliphatic carbocycles. The molecule has 0 heterocycles. The van der Waals surface area contributed by atoms with E-state index in [0.717, 1.165) is 4.90 Å². The number of ketones is 1. The Morgan fingerprint density at radius 2 is 2.17 bits per heavy atom. The molecule has 1 aromatic carbocycles. The van der Waals surface area contributed by atoms with E-state index >= 15 is 0 Å². The van der Waals surface area contributed by atoms with Gasteiger partial charge in [-0.15, -0.1) is 11.8 Å². The van der Waals surface area contributed by atoms with E-state index in [1.165, 1.54) is 6.92 Å². The zero-order valence-corrected chi connectivity index (χ0v) is 7.94. The van der Waals surface area contributed by atoms with Crippen molar-refractivity contribution in [1.29, 1.82) is 0 Å². The number of nitrogens with two attached hydrogens (primary N) is 1. The molecule has 1 aromatic rings. The minimum absolute atomic E-state index is 0.0170. The maximum absolute atomic E-state index is 11.0. The summed E-state index contributed by atoms with van der Waals surface area (Å²) in [5.74, 6) is 0.0170. The molecule has 0 spiro atoms. The molecule has 0 fully saturated rings. The molecule has 3 heteroatoms. The van der Waals surface area contributed by atoms with Gasteiger partial charge in [0.15, 0.2) is 5.78 Å². The van der Waals surface area contributed by atoms with Crippen LogP contribution in [0.5, 0.6) is 0 Å². The predicted octanol–water partition coefficient (Wildman–Crippen LogP) is 2.19. The van der Waals surface area contributed by atoms with Crippen molar-refractivity contribution in [3.05, 3.63) is 23.8 Å².